The van der Waals surface area contributed by atoms with E-state index in [1.54, 1.807) is 18.4 Å². The largest absolute Gasteiger partial charge is 0.380 e. The maximum atomic E-state index is 5.57. The second-order valence-electron chi connectivity index (χ2n) is 5.56. The molecule has 0 amide bonds. The summed E-state index contributed by atoms with van der Waals surface area (Å²) in [6.45, 7) is 9.69. The van der Waals surface area contributed by atoms with Crippen LogP contribution in [0.15, 0.2) is 10.4 Å². The molecule has 2 N–H and O–H groups in total. The predicted octanol–water partition coefficient (Wildman–Crippen LogP) is 2.48. The zero-order valence-corrected chi connectivity index (χ0v) is 15.1. The predicted molar refractivity (Wildman–Crippen MR) is 94.8 cm³/mol. The van der Waals surface area contributed by atoms with Crippen LogP contribution in [0.3, 0.4) is 0 Å². The highest BCUT2D eigenvalue weighted by atomic mass is 32.1. The summed E-state index contributed by atoms with van der Waals surface area (Å²) >= 11 is 1.74. The SMILES string of the molecule is CCc1nc(CCNC(=NC)NCCOCCC(C)C)cs1. The second-order valence-corrected chi connectivity index (χ2v) is 6.50. The smallest absolute Gasteiger partial charge is 0.191 e. The minimum absolute atomic E-state index is 0.696. The van der Waals surface area contributed by atoms with Crippen molar-refractivity contribution in [2.45, 2.75) is 40.0 Å². The number of thiazole rings is 1. The Morgan fingerprint density at radius 2 is 2.09 bits per heavy atom. The molecule has 0 saturated heterocycles. The summed E-state index contributed by atoms with van der Waals surface area (Å²) < 4.78 is 5.57. The molecule has 0 bridgehead atoms. The van der Waals surface area contributed by atoms with Gasteiger partial charge in [-0.25, -0.2) is 4.98 Å². The molecule has 0 saturated carbocycles. The van der Waals surface area contributed by atoms with Gasteiger partial charge >= 0.3 is 0 Å². The summed E-state index contributed by atoms with van der Waals surface area (Å²) in [5.41, 5.74) is 1.15. The van der Waals surface area contributed by atoms with Gasteiger partial charge in [-0.05, 0) is 18.8 Å². The van der Waals surface area contributed by atoms with Gasteiger partial charge in [-0.3, -0.25) is 4.99 Å². The molecule has 0 aliphatic heterocycles. The zero-order valence-electron chi connectivity index (χ0n) is 14.3. The first-order chi connectivity index (χ1) is 10.7. The number of aliphatic imine (C=N–C) groups is 1. The van der Waals surface area contributed by atoms with E-state index in [1.807, 2.05) is 0 Å². The van der Waals surface area contributed by atoms with Gasteiger partial charge in [-0.2, -0.15) is 0 Å². The van der Waals surface area contributed by atoms with Gasteiger partial charge in [0.2, 0.25) is 0 Å². The Hall–Kier alpha value is -1.14. The summed E-state index contributed by atoms with van der Waals surface area (Å²) in [4.78, 5) is 8.77. The first-order valence-corrected chi connectivity index (χ1v) is 8.99. The molecule has 0 atom stereocenters. The van der Waals surface area contributed by atoms with Crippen molar-refractivity contribution in [3.63, 3.8) is 0 Å². The van der Waals surface area contributed by atoms with Gasteiger partial charge in [-0.15, -0.1) is 11.3 Å². The van der Waals surface area contributed by atoms with Crippen LogP contribution in [0.25, 0.3) is 0 Å². The van der Waals surface area contributed by atoms with Crippen LogP contribution in [0.2, 0.25) is 0 Å². The molecule has 0 aliphatic carbocycles. The molecule has 1 heterocycles. The molecule has 0 aromatic carbocycles. The molecule has 22 heavy (non-hydrogen) atoms. The lowest BCUT2D eigenvalue weighted by molar-refractivity contribution is 0.128. The number of ether oxygens (including phenoxy) is 1. The van der Waals surface area contributed by atoms with Gasteiger partial charge in [0.05, 0.1) is 17.3 Å². The molecule has 1 aromatic rings. The lowest BCUT2D eigenvalue weighted by Crippen LogP contribution is -2.39. The highest BCUT2D eigenvalue weighted by Crippen LogP contribution is 2.10. The fourth-order valence-corrected chi connectivity index (χ4v) is 2.60. The van der Waals surface area contributed by atoms with Crippen LogP contribution in [-0.2, 0) is 17.6 Å². The Kier molecular flexibility index (Phi) is 9.82. The fourth-order valence-electron chi connectivity index (χ4n) is 1.82. The van der Waals surface area contributed by atoms with Gasteiger partial charge in [0.25, 0.3) is 0 Å². The van der Waals surface area contributed by atoms with E-state index in [0.29, 0.717) is 12.5 Å². The van der Waals surface area contributed by atoms with E-state index in [-0.39, 0.29) is 0 Å². The van der Waals surface area contributed by atoms with Crippen molar-refractivity contribution in [2.24, 2.45) is 10.9 Å². The number of rotatable bonds is 10. The van der Waals surface area contributed by atoms with E-state index in [2.05, 4.69) is 46.8 Å². The second kappa shape index (κ2) is 11.4. The molecule has 0 spiro atoms. The number of hydrogen-bond acceptors (Lipinski definition) is 4. The van der Waals surface area contributed by atoms with Crippen molar-refractivity contribution in [3.8, 4) is 0 Å². The van der Waals surface area contributed by atoms with E-state index in [1.165, 1.54) is 5.01 Å². The van der Waals surface area contributed by atoms with Crippen LogP contribution in [0, 0.1) is 5.92 Å². The molecule has 0 aliphatic rings. The summed E-state index contributed by atoms with van der Waals surface area (Å²) in [5.74, 6) is 1.51. The van der Waals surface area contributed by atoms with Gasteiger partial charge in [0.1, 0.15) is 0 Å². The van der Waals surface area contributed by atoms with E-state index in [4.69, 9.17) is 4.74 Å². The van der Waals surface area contributed by atoms with Crippen LogP contribution < -0.4 is 10.6 Å². The van der Waals surface area contributed by atoms with Crippen LogP contribution in [0.5, 0.6) is 0 Å². The number of aromatic nitrogens is 1. The standard InChI is InChI=1S/C16H30N4OS/c1-5-15-20-14(12-22-15)6-8-18-16(17-4)19-9-11-21-10-7-13(2)3/h12-13H,5-11H2,1-4H3,(H2,17,18,19). The third-order valence-corrected chi connectivity index (χ3v) is 4.22. The van der Waals surface area contributed by atoms with E-state index in [9.17, 15) is 0 Å². The Labute approximate surface area is 138 Å². The maximum absolute atomic E-state index is 5.57. The van der Waals surface area contributed by atoms with E-state index >= 15 is 0 Å². The topological polar surface area (TPSA) is 58.5 Å². The average Bonchev–Trinajstić information content (AvgIpc) is 2.96. The van der Waals surface area contributed by atoms with E-state index in [0.717, 1.165) is 50.6 Å². The molecule has 5 nitrogen and oxygen atoms in total. The minimum atomic E-state index is 0.696. The molecule has 6 heteroatoms. The summed E-state index contributed by atoms with van der Waals surface area (Å²) in [7, 11) is 1.78. The van der Waals surface area contributed by atoms with Crippen molar-refractivity contribution in [2.75, 3.05) is 33.4 Å². The molecule has 0 fully saturated rings. The fraction of sp³-hybridized carbons (Fsp3) is 0.750. The summed E-state index contributed by atoms with van der Waals surface area (Å²) in [6.07, 6.45) is 3.04. The number of hydrogen-bond donors (Lipinski definition) is 2. The van der Waals surface area contributed by atoms with Gasteiger partial charge in [-0.1, -0.05) is 20.8 Å². The first-order valence-electron chi connectivity index (χ1n) is 8.11. The van der Waals surface area contributed by atoms with Crippen molar-refractivity contribution in [1.82, 2.24) is 15.6 Å². The highest BCUT2D eigenvalue weighted by Gasteiger charge is 2.01. The monoisotopic (exact) mass is 326 g/mol. The first kappa shape index (κ1) is 18.9. The van der Waals surface area contributed by atoms with Crippen molar-refractivity contribution < 1.29 is 4.74 Å². The molecule has 0 unspecified atom stereocenters. The van der Waals surface area contributed by atoms with Crippen LogP contribution >= 0.6 is 11.3 Å². The van der Waals surface area contributed by atoms with Gasteiger partial charge in [0, 0.05) is 38.5 Å². The molecule has 0 radical (unpaired) electrons. The van der Waals surface area contributed by atoms with Gasteiger partial charge < -0.3 is 15.4 Å². The Bertz CT molecular complexity index is 432. The highest BCUT2D eigenvalue weighted by molar-refractivity contribution is 7.09. The number of aryl methyl sites for hydroxylation is 1. The Morgan fingerprint density at radius 1 is 1.32 bits per heavy atom. The molecular weight excluding hydrogens is 296 g/mol. The number of nitrogens with zero attached hydrogens (tertiary/aromatic N) is 2. The van der Waals surface area contributed by atoms with Crippen molar-refractivity contribution in [3.05, 3.63) is 16.1 Å². The van der Waals surface area contributed by atoms with Crippen LogP contribution in [0.4, 0.5) is 0 Å². The lowest BCUT2D eigenvalue weighted by atomic mass is 10.1. The Balaban J connectivity index is 2.09. The molecule has 1 aromatic heterocycles. The Morgan fingerprint density at radius 3 is 2.73 bits per heavy atom. The quantitative estimate of drug-likeness (QED) is 0.394. The lowest BCUT2D eigenvalue weighted by Gasteiger charge is -2.12. The van der Waals surface area contributed by atoms with Crippen LogP contribution in [-0.4, -0.2) is 44.3 Å². The number of guanidine groups is 1. The third-order valence-electron chi connectivity index (χ3n) is 3.18. The summed E-state index contributed by atoms with van der Waals surface area (Å²) in [6, 6.07) is 0. The average molecular weight is 327 g/mol. The van der Waals surface area contributed by atoms with Crippen LogP contribution in [0.1, 0.15) is 37.9 Å². The zero-order chi connectivity index (χ0) is 16.2. The van der Waals surface area contributed by atoms with E-state index < -0.39 is 0 Å². The normalized spacial score (nSPS) is 12.0. The van der Waals surface area contributed by atoms with Gasteiger partial charge in [0.15, 0.2) is 5.96 Å². The number of nitrogens with one attached hydrogen (secondary N) is 2. The third kappa shape index (κ3) is 8.34. The molecule has 1 rings (SSSR count). The minimum Gasteiger partial charge on any atom is -0.380 e. The summed E-state index contributed by atoms with van der Waals surface area (Å²) in [5, 5.41) is 9.90. The molecular formula is C16H30N4OS. The maximum Gasteiger partial charge on any atom is 0.191 e. The van der Waals surface area contributed by atoms with Crippen molar-refractivity contribution in [1.29, 1.82) is 0 Å². The molecule has 126 valence electrons. The van der Waals surface area contributed by atoms with Crippen molar-refractivity contribution >= 4 is 17.3 Å².